The first-order valence-corrected chi connectivity index (χ1v) is 13.5. The third kappa shape index (κ3) is 5.99. The Kier molecular flexibility index (Phi) is 8.33. The number of aliphatic carboxylic acids is 1. The highest BCUT2D eigenvalue weighted by Gasteiger charge is 2.31. The van der Waals surface area contributed by atoms with E-state index in [2.05, 4.69) is 34.9 Å². The molecule has 186 valence electrons. The second kappa shape index (κ2) is 11.6. The minimum atomic E-state index is -1.00. The smallest absolute Gasteiger partial charge is 0.407 e. The molecule has 4 rings (SSSR count). The first-order valence-electron chi connectivity index (χ1n) is 12.1. The van der Waals surface area contributed by atoms with Gasteiger partial charge in [-0.3, -0.25) is 4.79 Å². The monoisotopic (exact) mass is 496 g/mol. The number of fused-ring (bicyclic) bond motifs is 3. The van der Waals surface area contributed by atoms with Crippen LogP contribution in [0.5, 0.6) is 0 Å². The minimum absolute atomic E-state index is 0.0147. The summed E-state index contributed by atoms with van der Waals surface area (Å²) in [4.78, 5) is 36.5. The molecule has 7 nitrogen and oxygen atoms in total. The lowest BCUT2D eigenvalue weighted by molar-refractivity contribution is -0.142. The molecule has 1 atom stereocenters. The van der Waals surface area contributed by atoms with Crippen LogP contribution in [0.25, 0.3) is 11.1 Å². The van der Waals surface area contributed by atoms with E-state index in [9.17, 15) is 19.5 Å². The fourth-order valence-electron chi connectivity index (χ4n) is 5.09. The summed E-state index contributed by atoms with van der Waals surface area (Å²) in [5.74, 6) is -0.753. The summed E-state index contributed by atoms with van der Waals surface area (Å²) in [5.41, 5.74) is 4.72. The topological polar surface area (TPSA) is 105 Å². The maximum absolute atomic E-state index is 12.6. The Bertz CT molecular complexity index is 1020. The number of amides is 2. The minimum Gasteiger partial charge on any atom is -0.480 e. The van der Waals surface area contributed by atoms with Crippen LogP contribution in [-0.4, -0.2) is 53.8 Å². The molecule has 2 amide bonds. The highest BCUT2D eigenvalue weighted by Crippen LogP contribution is 2.44. The number of ether oxygens (including phenoxy) is 1. The number of carbonyl (C=O) groups excluding carboxylic acids is 2. The van der Waals surface area contributed by atoms with Crippen LogP contribution in [0.4, 0.5) is 4.79 Å². The lowest BCUT2D eigenvalue weighted by atomic mass is 9.85. The lowest BCUT2D eigenvalue weighted by Gasteiger charge is -2.29. The van der Waals surface area contributed by atoms with Crippen molar-refractivity contribution in [1.29, 1.82) is 0 Å². The average molecular weight is 497 g/mol. The zero-order valence-corrected chi connectivity index (χ0v) is 20.7. The van der Waals surface area contributed by atoms with Gasteiger partial charge in [-0.25, -0.2) is 9.59 Å². The second-order valence-electron chi connectivity index (χ2n) is 9.20. The van der Waals surface area contributed by atoms with Gasteiger partial charge in [-0.2, -0.15) is 11.8 Å². The summed E-state index contributed by atoms with van der Waals surface area (Å²) in [7, 11) is 0. The van der Waals surface area contributed by atoms with Gasteiger partial charge in [0.2, 0.25) is 5.91 Å². The van der Waals surface area contributed by atoms with Crippen molar-refractivity contribution in [1.82, 2.24) is 10.6 Å². The van der Waals surface area contributed by atoms with Crippen molar-refractivity contribution < 1.29 is 24.2 Å². The van der Waals surface area contributed by atoms with E-state index in [0.29, 0.717) is 37.9 Å². The second-order valence-corrected chi connectivity index (χ2v) is 10.2. The fourth-order valence-corrected chi connectivity index (χ4v) is 5.56. The van der Waals surface area contributed by atoms with Crippen molar-refractivity contribution in [2.45, 2.75) is 50.1 Å². The fraction of sp³-hybridized carbons (Fsp3) is 0.444. The molecule has 8 heteroatoms. The summed E-state index contributed by atoms with van der Waals surface area (Å²) < 4.78 is 5.64. The Morgan fingerprint density at radius 2 is 1.60 bits per heavy atom. The van der Waals surface area contributed by atoms with Gasteiger partial charge in [0.05, 0.1) is 0 Å². The van der Waals surface area contributed by atoms with Gasteiger partial charge in [0, 0.05) is 17.9 Å². The number of hydrogen-bond donors (Lipinski definition) is 3. The molecule has 2 aliphatic carbocycles. The van der Waals surface area contributed by atoms with Gasteiger partial charge in [0.25, 0.3) is 0 Å². The number of hydrogen-bond acceptors (Lipinski definition) is 5. The van der Waals surface area contributed by atoms with Gasteiger partial charge in [0.1, 0.15) is 12.6 Å². The summed E-state index contributed by atoms with van der Waals surface area (Å²) in [6.45, 7) is 0.268. The number of thioether (sulfide) groups is 1. The van der Waals surface area contributed by atoms with E-state index < -0.39 is 18.1 Å². The molecule has 0 saturated heterocycles. The largest absolute Gasteiger partial charge is 0.480 e. The van der Waals surface area contributed by atoms with E-state index in [0.717, 1.165) is 0 Å². The molecule has 0 spiro atoms. The normalized spacial score (nSPS) is 19.8. The lowest BCUT2D eigenvalue weighted by Crippen LogP contribution is -2.46. The molecule has 0 bridgehead atoms. The summed E-state index contributed by atoms with van der Waals surface area (Å²) in [6.07, 6.45) is 4.40. The van der Waals surface area contributed by atoms with E-state index in [1.54, 1.807) is 11.8 Å². The number of alkyl carbamates (subject to hydrolysis) is 1. The maximum Gasteiger partial charge on any atom is 0.407 e. The van der Waals surface area contributed by atoms with Gasteiger partial charge in [0.15, 0.2) is 0 Å². The average Bonchev–Trinajstić information content (AvgIpc) is 3.19. The van der Waals surface area contributed by atoms with E-state index in [1.807, 2.05) is 30.5 Å². The zero-order valence-electron chi connectivity index (χ0n) is 19.9. The first-order chi connectivity index (χ1) is 17.0. The zero-order chi connectivity index (χ0) is 24.8. The standard InChI is InChI=1S/C27H32N2O5S/c1-35-15-14-24(26(31)32)29-25(30)17-10-12-18(13-11-17)28-27(33)34-16-23-21-8-4-2-6-19(21)20-7-3-5-9-22(20)23/h2-9,17-18,23-24H,10-16H2,1H3,(H,28,33)(H,29,30)(H,31,32)/t17?,18?,24-/m1/s1. The predicted octanol–water partition coefficient (Wildman–Crippen LogP) is 4.41. The Morgan fingerprint density at radius 3 is 2.17 bits per heavy atom. The van der Waals surface area contributed by atoms with Gasteiger partial charge in [-0.05, 0) is 66.4 Å². The Morgan fingerprint density at radius 1 is 1.00 bits per heavy atom. The van der Waals surface area contributed by atoms with Crippen LogP contribution in [0.2, 0.25) is 0 Å². The van der Waals surface area contributed by atoms with E-state index in [-0.39, 0.29) is 30.4 Å². The molecule has 0 unspecified atom stereocenters. The van der Waals surface area contributed by atoms with E-state index >= 15 is 0 Å². The molecule has 0 aliphatic heterocycles. The molecule has 35 heavy (non-hydrogen) atoms. The molecular weight excluding hydrogens is 464 g/mol. The molecule has 3 N–H and O–H groups in total. The van der Waals surface area contributed by atoms with Crippen LogP contribution in [0, 0.1) is 5.92 Å². The number of carboxylic acids is 1. The number of rotatable bonds is 9. The molecular formula is C27H32N2O5S. The van der Waals surface area contributed by atoms with Gasteiger partial charge in [-0.15, -0.1) is 0 Å². The summed E-state index contributed by atoms with van der Waals surface area (Å²) >= 11 is 1.55. The van der Waals surface area contributed by atoms with Crippen LogP contribution in [-0.2, 0) is 14.3 Å². The van der Waals surface area contributed by atoms with Crippen LogP contribution in [0.3, 0.4) is 0 Å². The van der Waals surface area contributed by atoms with Crippen molar-refractivity contribution in [3.8, 4) is 11.1 Å². The summed E-state index contributed by atoms with van der Waals surface area (Å²) in [5, 5.41) is 15.0. The van der Waals surface area contributed by atoms with Crippen LogP contribution in [0.15, 0.2) is 48.5 Å². The van der Waals surface area contributed by atoms with Crippen molar-refractivity contribution in [3.63, 3.8) is 0 Å². The van der Waals surface area contributed by atoms with Crippen molar-refractivity contribution in [2.24, 2.45) is 5.92 Å². The van der Waals surface area contributed by atoms with E-state index in [1.165, 1.54) is 22.3 Å². The highest BCUT2D eigenvalue weighted by atomic mass is 32.2. The van der Waals surface area contributed by atoms with Gasteiger partial charge >= 0.3 is 12.1 Å². The highest BCUT2D eigenvalue weighted by molar-refractivity contribution is 7.98. The molecule has 0 heterocycles. The van der Waals surface area contributed by atoms with Crippen LogP contribution >= 0.6 is 11.8 Å². The first kappa shape index (κ1) is 25.1. The van der Waals surface area contributed by atoms with Crippen molar-refractivity contribution in [3.05, 3.63) is 59.7 Å². The van der Waals surface area contributed by atoms with Crippen LogP contribution in [0.1, 0.15) is 49.1 Å². The molecule has 2 aromatic rings. The molecule has 0 radical (unpaired) electrons. The van der Waals surface area contributed by atoms with Crippen molar-refractivity contribution >= 4 is 29.7 Å². The number of carboxylic acid groups (broad SMARTS) is 1. The quantitative estimate of drug-likeness (QED) is 0.475. The predicted molar refractivity (Wildman–Crippen MR) is 137 cm³/mol. The van der Waals surface area contributed by atoms with Crippen LogP contribution < -0.4 is 10.6 Å². The third-order valence-corrected chi connectivity index (χ3v) is 7.63. The van der Waals surface area contributed by atoms with Gasteiger partial charge < -0.3 is 20.5 Å². The molecule has 2 aromatic carbocycles. The molecule has 1 fully saturated rings. The Balaban J connectivity index is 1.24. The van der Waals surface area contributed by atoms with Gasteiger partial charge in [-0.1, -0.05) is 48.5 Å². The number of carbonyl (C=O) groups is 3. The Hall–Kier alpha value is -3.00. The maximum atomic E-state index is 12.6. The number of nitrogens with one attached hydrogen (secondary N) is 2. The molecule has 2 aliphatic rings. The Labute approximate surface area is 210 Å². The summed E-state index contributed by atoms with van der Waals surface area (Å²) in [6, 6.07) is 15.5. The third-order valence-electron chi connectivity index (χ3n) is 6.99. The van der Waals surface area contributed by atoms with E-state index in [4.69, 9.17) is 4.74 Å². The number of benzene rings is 2. The molecule has 0 aromatic heterocycles. The SMILES string of the molecule is CSCC[C@@H](NC(=O)C1CCC(NC(=O)OCC2c3ccccc3-c3ccccc32)CC1)C(=O)O. The molecule has 1 saturated carbocycles. The van der Waals surface area contributed by atoms with Crippen molar-refractivity contribution in [2.75, 3.05) is 18.6 Å².